The summed E-state index contributed by atoms with van der Waals surface area (Å²) in [5, 5.41) is 6.54. The first kappa shape index (κ1) is 23.7. The molecular weight excluding hydrogens is 340 g/mol. The molecule has 0 atom stereocenters. The first-order chi connectivity index (χ1) is 13.1. The summed E-state index contributed by atoms with van der Waals surface area (Å²) in [7, 11) is 0. The van der Waals surface area contributed by atoms with Gasteiger partial charge in [0, 0.05) is 65.3 Å². The number of nitrogens with one attached hydrogen (secondary N) is 2. The van der Waals surface area contributed by atoms with Gasteiger partial charge in [0.25, 0.3) is 0 Å². The molecule has 0 radical (unpaired) electrons. The van der Waals surface area contributed by atoms with Gasteiger partial charge < -0.3 is 25.3 Å². The molecule has 0 aromatic carbocycles. The van der Waals surface area contributed by atoms with E-state index in [9.17, 15) is 4.79 Å². The van der Waals surface area contributed by atoms with Gasteiger partial charge in [-0.1, -0.05) is 6.92 Å². The number of carbonyl (C=O) groups is 1. The molecule has 0 bridgehead atoms. The van der Waals surface area contributed by atoms with Crippen LogP contribution in [0.15, 0.2) is 4.99 Å². The van der Waals surface area contributed by atoms with E-state index < -0.39 is 0 Å². The van der Waals surface area contributed by atoms with Crippen LogP contribution < -0.4 is 10.6 Å². The lowest BCUT2D eigenvalue weighted by atomic mass is 10.2. The molecule has 0 spiro atoms. The van der Waals surface area contributed by atoms with E-state index in [2.05, 4.69) is 39.3 Å². The molecule has 1 rings (SSSR count). The number of guanidine groups is 1. The highest BCUT2D eigenvalue weighted by atomic mass is 16.2. The summed E-state index contributed by atoms with van der Waals surface area (Å²) in [5.41, 5.74) is 0. The van der Waals surface area contributed by atoms with Crippen LogP contribution in [0.3, 0.4) is 0 Å². The van der Waals surface area contributed by atoms with E-state index in [1.807, 2.05) is 18.7 Å². The molecule has 0 aliphatic carbocycles. The number of nitrogens with zero attached hydrogens (tertiary/aromatic N) is 4. The Balaban J connectivity index is 2.20. The van der Waals surface area contributed by atoms with E-state index in [-0.39, 0.29) is 5.91 Å². The molecule has 1 heterocycles. The zero-order chi connectivity index (χ0) is 19.9. The van der Waals surface area contributed by atoms with E-state index in [1.165, 1.54) is 45.7 Å². The van der Waals surface area contributed by atoms with Crippen LogP contribution in [0.5, 0.6) is 0 Å². The van der Waals surface area contributed by atoms with Crippen LogP contribution in [0.1, 0.15) is 47.0 Å². The highest BCUT2D eigenvalue weighted by molar-refractivity contribution is 5.81. The molecule has 2 N–H and O–H groups in total. The van der Waals surface area contributed by atoms with E-state index in [4.69, 9.17) is 0 Å². The fraction of sp³-hybridized carbons (Fsp3) is 0.900. The number of hydrogen-bond acceptors (Lipinski definition) is 4. The predicted molar refractivity (Wildman–Crippen MR) is 114 cm³/mol. The van der Waals surface area contributed by atoms with Crippen LogP contribution in [0, 0.1) is 0 Å². The second-order valence-electron chi connectivity index (χ2n) is 6.99. The van der Waals surface area contributed by atoms with Crippen molar-refractivity contribution in [1.82, 2.24) is 25.3 Å². The normalized spacial score (nSPS) is 16.4. The molecule has 27 heavy (non-hydrogen) atoms. The Kier molecular flexibility index (Phi) is 12.9. The van der Waals surface area contributed by atoms with E-state index >= 15 is 0 Å². The Morgan fingerprint density at radius 3 is 2.22 bits per heavy atom. The van der Waals surface area contributed by atoms with Crippen LogP contribution in [0.4, 0.5) is 0 Å². The molecule has 7 nitrogen and oxygen atoms in total. The van der Waals surface area contributed by atoms with Crippen molar-refractivity contribution >= 4 is 11.9 Å². The van der Waals surface area contributed by atoms with Gasteiger partial charge in [0.1, 0.15) is 0 Å². The Morgan fingerprint density at radius 1 is 0.963 bits per heavy atom. The molecule has 0 aromatic rings. The number of hydrogen-bond donors (Lipinski definition) is 2. The molecule has 1 aliphatic rings. The Hall–Kier alpha value is -1.34. The van der Waals surface area contributed by atoms with Crippen molar-refractivity contribution in [2.45, 2.75) is 47.0 Å². The third-order valence-electron chi connectivity index (χ3n) is 5.16. The van der Waals surface area contributed by atoms with Gasteiger partial charge in [-0.05, 0) is 46.7 Å². The van der Waals surface area contributed by atoms with Gasteiger partial charge in [-0.15, -0.1) is 0 Å². The molecule has 1 saturated heterocycles. The van der Waals surface area contributed by atoms with Gasteiger partial charge in [-0.2, -0.15) is 0 Å². The fourth-order valence-electron chi connectivity index (χ4n) is 3.33. The van der Waals surface area contributed by atoms with Crippen molar-refractivity contribution < 1.29 is 4.79 Å². The van der Waals surface area contributed by atoms with Gasteiger partial charge in [0.2, 0.25) is 5.91 Å². The van der Waals surface area contributed by atoms with Crippen molar-refractivity contribution in [1.29, 1.82) is 0 Å². The molecule has 0 aromatic heterocycles. The largest absolute Gasteiger partial charge is 0.357 e. The SMILES string of the molecule is CCNC(=NCCCCN1CCN(CC)CC1)NCCC(=O)N(CC)CC. The lowest BCUT2D eigenvalue weighted by Crippen LogP contribution is -2.46. The van der Waals surface area contributed by atoms with Gasteiger partial charge in [0.05, 0.1) is 0 Å². The summed E-state index contributed by atoms with van der Waals surface area (Å²) < 4.78 is 0. The van der Waals surface area contributed by atoms with Crippen molar-refractivity contribution in [2.75, 3.05) is 72.0 Å². The summed E-state index contributed by atoms with van der Waals surface area (Å²) in [5.74, 6) is 1.02. The summed E-state index contributed by atoms with van der Waals surface area (Å²) in [6.07, 6.45) is 2.80. The van der Waals surface area contributed by atoms with Crippen molar-refractivity contribution in [3.8, 4) is 0 Å². The molecule has 0 saturated carbocycles. The van der Waals surface area contributed by atoms with Crippen molar-refractivity contribution in [2.24, 2.45) is 4.99 Å². The number of likely N-dealkylation sites (N-methyl/N-ethyl adjacent to an activating group) is 1. The quantitative estimate of drug-likeness (QED) is 0.302. The number of aliphatic imine (C=N–C) groups is 1. The minimum Gasteiger partial charge on any atom is -0.357 e. The third kappa shape index (κ3) is 9.96. The summed E-state index contributed by atoms with van der Waals surface area (Å²) in [6.45, 7) is 19.3. The maximum absolute atomic E-state index is 12.1. The van der Waals surface area contributed by atoms with Gasteiger partial charge >= 0.3 is 0 Å². The average molecular weight is 383 g/mol. The molecule has 1 aliphatic heterocycles. The zero-order valence-electron chi connectivity index (χ0n) is 18.1. The summed E-state index contributed by atoms with van der Waals surface area (Å²) in [4.78, 5) is 23.6. The second-order valence-corrected chi connectivity index (χ2v) is 6.99. The van der Waals surface area contributed by atoms with Gasteiger partial charge in [-0.3, -0.25) is 9.79 Å². The molecule has 1 fully saturated rings. The van der Waals surface area contributed by atoms with Crippen LogP contribution in [0.25, 0.3) is 0 Å². The number of carbonyl (C=O) groups excluding carboxylic acids is 1. The Morgan fingerprint density at radius 2 is 1.63 bits per heavy atom. The smallest absolute Gasteiger partial charge is 0.224 e. The predicted octanol–water partition coefficient (Wildman–Crippen LogP) is 1.22. The standard InChI is InChI=1S/C20H42N6O/c1-5-21-20(23-13-11-19(27)26(7-3)8-4)22-12-9-10-14-25-17-15-24(6-2)16-18-25/h5-18H2,1-4H3,(H2,21,22,23). The van der Waals surface area contributed by atoms with E-state index in [0.29, 0.717) is 13.0 Å². The summed E-state index contributed by atoms with van der Waals surface area (Å²) in [6, 6.07) is 0. The summed E-state index contributed by atoms with van der Waals surface area (Å²) >= 11 is 0. The fourth-order valence-corrected chi connectivity index (χ4v) is 3.33. The Bertz CT molecular complexity index is 417. The number of rotatable bonds is 12. The van der Waals surface area contributed by atoms with Crippen molar-refractivity contribution in [3.63, 3.8) is 0 Å². The van der Waals surface area contributed by atoms with Crippen LogP contribution in [-0.4, -0.2) is 98.6 Å². The maximum Gasteiger partial charge on any atom is 0.224 e. The van der Waals surface area contributed by atoms with Crippen LogP contribution >= 0.6 is 0 Å². The highest BCUT2D eigenvalue weighted by Crippen LogP contribution is 2.03. The molecular formula is C20H42N6O. The first-order valence-corrected chi connectivity index (χ1v) is 10.9. The molecule has 7 heteroatoms. The average Bonchev–Trinajstić information content (AvgIpc) is 2.69. The number of unbranched alkanes of at least 4 members (excludes halogenated alkanes) is 1. The monoisotopic (exact) mass is 382 g/mol. The van der Waals surface area contributed by atoms with Crippen LogP contribution in [-0.2, 0) is 4.79 Å². The number of amides is 1. The lowest BCUT2D eigenvalue weighted by molar-refractivity contribution is -0.130. The minimum atomic E-state index is 0.200. The molecule has 1 amide bonds. The van der Waals surface area contributed by atoms with Crippen LogP contribution in [0.2, 0.25) is 0 Å². The molecule has 0 unspecified atom stereocenters. The van der Waals surface area contributed by atoms with Crippen molar-refractivity contribution in [3.05, 3.63) is 0 Å². The third-order valence-corrected chi connectivity index (χ3v) is 5.16. The molecule has 158 valence electrons. The van der Waals surface area contributed by atoms with Gasteiger partial charge in [0.15, 0.2) is 5.96 Å². The maximum atomic E-state index is 12.1. The first-order valence-electron chi connectivity index (χ1n) is 10.9. The van der Waals surface area contributed by atoms with E-state index in [1.54, 1.807) is 0 Å². The second kappa shape index (κ2) is 14.7. The lowest BCUT2D eigenvalue weighted by Gasteiger charge is -2.33. The van der Waals surface area contributed by atoms with Gasteiger partial charge in [-0.25, -0.2) is 0 Å². The Labute approximate surface area is 166 Å². The zero-order valence-corrected chi connectivity index (χ0v) is 18.1. The van der Waals surface area contributed by atoms with E-state index in [0.717, 1.165) is 38.6 Å². The highest BCUT2D eigenvalue weighted by Gasteiger charge is 2.14. The number of piperazine rings is 1. The topological polar surface area (TPSA) is 63.2 Å². The minimum absolute atomic E-state index is 0.200.